The van der Waals surface area contributed by atoms with E-state index >= 15 is 0 Å². The molecule has 3 aliphatic rings. The number of aromatic nitrogens is 1. The van der Waals surface area contributed by atoms with Crippen molar-refractivity contribution in [2.45, 2.75) is 13.0 Å². The second kappa shape index (κ2) is 14.0. The quantitative estimate of drug-likeness (QED) is 0.228. The van der Waals surface area contributed by atoms with Crippen molar-refractivity contribution in [3.05, 3.63) is 72.7 Å². The van der Waals surface area contributed by atoms with Gasteiger partial charge >= 0.3 is 0 Å². The molecule has 0 saturated carbocycles. The van der Waals surface area contributed by atoms with E-state index in [2.05, 4.69) is 34.1 Å². The molecule has 1 unspecified atom stereocenters. The molecule has 44 heavy (non-hydrogen) atoms. The van der Waals surface area contributed by atoms with E-state index in [1.165, 1.54) is 43.5 Å². The number of halogens is 1. The first kappa shape index (κ1) is 31.1. The maximum atomic E-state index is 14.9. The summed E-state index contributed by atoms with van der Waals surface area (Å²) >= 11 is 4.89. The fourth-order valence-corrected chi connectivity index (χ4v) is 5.01. The standard InChI is InChI=1S/C26H29FN4O6S.C6H4/c1-16(32)31(26(28)38)17-3-4-23(20(27)11-17)37-22-5-6-29-21-13-25(24(34-2)12-19(21)22)36-15-18(33)14-30-7-9-35-10-8-30;1-2-5-4-6(5)3-1/h3-6,11-13,18,33H,7-10,14-15H2,1-2H3,(H2,28,38);1-4H. The summed E-state index contributed by atoms with van der Waals surface area (Å²) in [4.78, 5) is 19.3. The molecule has 10 nitrogen and oxygen atoms in total. The number of amides is 1. The maximum absolute atomic E-state index is 14.9. The summed E-state index contributed by atoms with van der Waals surface area (Å²) < 4.78 is 37.5. The van der Waals surface area contributed by atoms with Crippen molar-refractivity contribution >= 4 is 39.8 Å². The second-order valence-corrected chi connectivity index (χ2v) is 10.6. The molecule has 1 amide bonds. The Morgan fingerprint density at radius 1 is 1.09 bits per heavy atom. The van der Waals surface area contributed by atoms with Crippen LogP contribution in [0.2, 0.25) is 0 Å². The number of rotatable bonds is 9. The number of aliphatic hydroxyl groups excluding tert-OH is 1. The number of aliphatic hydroxyl groups is 1. The van der Waals surface area contributed by atoms with Crippen LogP contribution in [0.25, 0.3) is 22.0 Å². The molecule has 1 atom stereocenters. The molecule has 1 aliphatic heterocycles. The first-order valence-electron chi connectivity index (χ1n) is 14.0. The summed E-state index contributed by atoms with van der Waals surface area (Å²) in [5, 5.41) is 10.8. The topological polar surface area (TPSA) is 120 Å². The van der Waals surface area contributed by atoms with Crippen molar-refractivity contribution in [2.75, 3.05) is 51.5 Å². The van der Waals surface area contributed by atoms with E-state index in [1.54, 1.807) is 18.2 Å². The Balaban J connectivity index is 0.000000561. The first-order chi connectivity index (χ1) is 21.2. The summed E-state index contributed by atoms with van der Waals surface area (Å²) in [6.07, 6.45) is 0.826. The summed E-state index contributed by atoms with van der Waals surface area (Å²) in [7, 11) is 1.50. The van der Waals surface area contributed by atoms with Gasteiger partial charge in [-0.2, -0.15) is 0 Å². The zero-order chi connectivity index (χ0) is 31.2. The summed E-state index contributed by atoms with van der Waals surface area (Å²) in [6, 6.07) is 17.4. The van der Waals surface area contributed by atoms with Gasteiger partial charge in [-0.05, 0) is 53.7 Å². The number of nitrogens with zero attached hydrogens (tertiary/aromatic N) is 3. The largest absolute Gasteiger partial charge is 0.493 e. The van der Waals surface area contributed by atoms with Crippen LogP contribution in [0.15, 0.2) is 66.9 Å². The molecule has 1 fully saturated rings. The minimum Gasteiger partial charge on any atom is -0.493 e. The highest BCUT2D eigenvalue weighted by atomic mass is 32.1. The molecule has 2 heterocycles. The summed E-state index contributed by atoms with van der Waals surface area (Å²) in [5.41, 5.74) is 9.16. The maximum Gasteiger partial charge on any atom is 0.230 e. The van der Waals surface area contributed by atoms with Gasteiger partial charge in [-0.3, -0.25) is 19.6 Å². The number of anilines is 1. The van der Waals surface area contributed by atoms with Crippen molar-refractivity contribution in [1.29, 1.82) is 0 Å². The molecule has 2 aliphatic carbocycles. The number of carbonyl (C=O) groups excluding carboxylic acids is 1. The van der Waals surface area contributed by atoms with Crippen LogP contribution < -0.4 is 24.8 Å². The van der Waals surface area contributed by atoms with Crippen LogP contribution in [-0.4, -0.2) is 78.7 Å². The third kappa shape index (κ3) is 7.58. The fourth-order valence-electron chi connectivity index (χ4n) is 4.78. The minimum atomic E-state index is -0.712. The number of thiocarbonyl (C=S) groups is 1. The second-order valence-electron chi connectivity index (χ2n) is 10.2. The lowest BCUT2D eigenvalue weighted by Gasteiger charge is -2.28. The molecule has 0 radical (unpaired) electrons. The van der Waals surface area contributed by atoms with Crippen LogP contribution in [0.3, 0.4) is 0 Å². The Kier molecular flexibility index (Phi) is 9.85. The lowest BCUT2D eigenvalue weighted by molar-refractivity contribution is -0.115. The number of carbonyl (C=O) groups is 1. The number of ether oxygens (including phenoxy) is 4. The average Bonchev–Trinajstić information content (AvgIpc) is 3.60. The van der Waals surface area contributed by atoms with Gasteiger partial charge in [0.25, 0.3) is 0 Å². The molecular weight excluding hydrogens is 587 g/mol. The molecule has 6 rings (SSSR count). The predicted octanol–water partition coefficient (Wildman–Crippen LogP) is 4.51. The van der Waals surface area contributed by atoms with Crippen molar-refractivity contribution in [2.24, 2.45) is 5.73 Å². The zero-order valence-corrected chi connectivity index (χ0v) is 25.2. The van der Waals surface area contributed by atoms with Gasteiger partial charge < -0.3 is 29.8 Å². The number of fused-ring (bicyclic) bond motifs is 2. The molecule has 0 spiro atoms. The van der Waals surface area contributed by atoms with Crippen molar-refractivity contribution in [3.8, 4) is 34.1 Å². The number of β-amino-alcohol motifs (C(OH)–C–C–N with tert-alkyl or cyclic N) is 1. The van der Waals surface area contributed by atoms with Crippen LogP contribution in [0, 0.1) is 5.82 Å². The fraction of sp³-hybridized carbons (Fsp3) is 0.281. The Labute approximate surface area is 259 Å². The molecule has 1 aromatic heterocycles. The van der Waals surface area contributed by atoms with Gasteiger partial charge in [-0.15, -0.1) is 0 Å². The van der Waals surface area contributed by atoms with Crippen LogP contribution in [0.1, 0.15) is 6.92 Å². The van der Waals surface area contributed by atoms with Crippen LogP contribution in [0.4, 0.5) is 10.1 Å². The van der Waals surface area contributed by atoms with Gasteiger partial charge in [0, 0.05) is 50.3 Å². The normalized spacial score (nSPS) is 14.2. The smallest absolute Gasteiger partial charge is 0.230 e. The predicted molar refractivity (Wildman–Crippen MR) is 169 cm³/mol. The summed E-state index contributed by atoms with van der Waals surface area (Å²) in [6.45, 7) is 4.64. The monoisotopic (exact) mass is 620 g/mol. The molecule has 1 saturated heterocycles. The van der Waals surface area contributed by atoms with Gasteiger partial charge in [-0.25, -0.2) is 4.39 Å². The number of nitrogens with two attached hydrogens (primary N) is 1. The van der Waals surface area contributed by atoms with E-state index in [0.29, 0.717) is 47.9 Å². The van der Waals surface area contributed by atoms with Crippen molar-refractivity contribution < 1.29 is 33.2 Å². The molecule has 12 heteroatoms. The van der Waals surface area contributed by atoms with E-state index in [0.717, 1.165) is 24.1 Å². The van der Waals surface area contributed by atoms with Gasteiger partial charge in [-0.1, -0.05) is 18.2 Å². The SMILES string of the molecule is COc1cc2c(Oc3ccc(N(C(C)=O)C(N)=S)cc3F)ccnc2cc1OCC(O)CN1CCOCC1.c1cc2cc-2c1. The minimum absolute atomic E-state index is 0.0660. The van der Waals surface area contributed by atoms with E-state index in [9.17, 15) is 14.3 Å². The zero-order valence-electron chi connectivity index (χ0n) is 24.4. The van der Waals surface area contributed by atoms with Crippen LogP contribution in [0.5, 0.6) is 23.0 Å². The highest BCUT2D eigenvalue weighted by Crippen LogP contribution is 2.38. The Morgan fingerprint density at radius 2 is 1.84 bits per heavy atom. The Morgan fingerprint density at radius 3 is 2.43 bits per heavy atom. The molecule has 3 N–H and O–H groups in total. The number of methoxy groups -OCH3 is 1. The van der Waals surface area contributed by atoms with E-state index in [1.807, 2.05) is 0 Å². The van der Waals surface area contributed by atoms with Crippen LogP contribution in [-0.2, 0) is 9.53 Å². The van der Waals surface area contributed by atoms with Crippen molar-refractivity contribution in [1.82, 2.24) is 9.88 Å². The number of hydrogen-bond acceptors (Lipinski definition) is 9. The Hall–Kier alpha value is -4.36. The third-order valence-electron chi connectivity index (χ3n) is 7.03. The molecular formula is C32H33FN4O6S. The lowest BCUT2D eigenvalue weighted by Crippen LogP contribution is -2.42. The summed E-state index contributed by atoms with van der Waals surface area (Å²) in [5.74, 6) is -0.0861. The number of hydrogen-bond donors (Lipinski definition) is 2. The average molecular weight is 621 g/mol. The Bertz CT molecular complexity index is 1630. The highest BCUT2D eigenvalue weighted by molar-refractivity contribution is 7.80. The van der Waals surface area contributed by atoms with E-state index in [-0.39, 0.29) is 23.2 Å². The van der Waals surface area contributed by atoms with Gasteiger partial charge in [0.1, 0.15) is 18.5 Å². The lowest BCUT2D eigenvalue weighted by atomic mass is 10.1. The van der Waals surface area contributed by atoms with Crippen molar-refractivity contribution in [3.63, 3.8) is 0 Å². The highest BCUT2D eigenvalue weighted by Gasteiger charge is 2.20. The molecule has 3 aromatic rings. The number of morpholine rings is 1. The van der Waals surface area contributed by atoms with Crippen LogP contribution >= 0.6 is 12.2 Å². The first-order valence-corrected chi connectivity index (χ1v) is 14.4. The van der Waals surface area contributed by atoms with Gasteiger partial charge in [0.05, 0.1) is 31.5 Å². The van der Waals surface area contributed by atoms with Gasteiger partial charge in [0.2, 0.25) is 5.91 Å². The van der Waals surface area contributed by atoms with Gasteiger partial charge in [0.15, 0.2) is 28.2 Å². The molecule has 0 bridgehead atoms. The van der Waals surface area contributed by atoms with E-state index in [4.69, 9.17) is 36.9 Å². The number of pyridine rings is 1. The molecule has 230 valence electrons. The number of benzene rings is 3. The molecule has 2 aromatic carbocycles. The van der Waals surface area contributed by atoms with E-state index < -0.39 is 17.8 Å². The third-order valence-corrected chi connectivity index (χ3v) is 7.21.